The van der Waals surface area contributed by atoms with Gasteiger partial charge in [0.1, 0.15) is 0 Å². The van der Waals surface area contributed by atoms with E-state index >= 15 is 0 Å². The summed E-state index contributed by atoms with van der Waals surface area (Å²) in [7, 11) is 0. The fourth-order valence-electron chi connectivity index (χ4n) is 1.29. The molecular weight excluding hydrogens is 278 g/mol. The van der Waals surface area contributed by atoms with Gasteiger partial charge in [-0.15, -0.1) is 5.10 Å². The summed E-state index contributed by atoms with van der Waals surface area (Å²) in [5, 5.41) is 18.0. The van der Waals surface area contributed by atoms with E-state index < -0.39 is 4.92 Å². The van der Waals surface area contributed by atoms with Crippen molar-refractivity contribution in [2.45, 2.75) is 10.9 Å². The number of hydrogen-bond acceptors (Lipinski definition) is 6. The molecule has 94 valence electrons. The zero-order valence-electron chi connectivity index (χ0n) is 8.96. The highest BCUT2D eigenvalue weighted by Gasteiger charge is 2.15. The Hall–Kier alpha value is -1.80. The second-order valence-electron chi connectivity index (χ2n) is 3.32. The van der Waals surface area contributed by atoms with Crippen LogP contribution in [-0.2, 0) is 5.75 Å². The van der Waals surface area contributed by atoms with E-state index in [-0.39, 0.29) is 11.6 Å². The maximum absolute atomic E-state index is 10.9. The Bertz CT molecular complexity index is 588. The fourth-order valence-corrected chi connectivity index (χ4v) is 2.26. The van der Waals surface area contributed by atoms with Crippen LogP contribution >= 0.6 is 23.4 Å². The second kappa shape index (κ2) is 5.23. The van der Waals surface area contributed by atoms with Crippen LogP contribution in [0, 0.1) is 10.1 Å². The molecule has 0 amide bonds. The number of H-pyrrole nitrogens is 1. The smallest absolute Gasteiger partial charge is 0.274 e. The van der Waals surface area contributed by atoms with Crippen molar-refractivity contribution in [2.75, 3.05) is 5.73 Å². The van der Waals surface area contributed by atoms with Crippen LogP contribution in [0.5, 0.6) is 0 Å². The number of aromatic nitrogens is 3. The van der Waals surface area contributed by atoms with Gasteiger partial charge < -0.3 is 5.73 Å². The maximum atomic E-state index is 10.9. The predicted octanol–water partition coefficient (Wildman–Crippen LogP) is 2.24. The second-order valence-corrected chi connectivity index (χ2v) is 4.70. The lowest BCUT2D eigenvalue weighted by atomic mass is 10.2. The third-order valence-corrected chi connectivity index (χ3v) is 3.21. The van der Waals surface area contributed by atoms with Crippen molar-refractivity contribution < 1.29 is 4.92 Å². The number of nitrogens with two attached hydrogens (primary N) is 1. The Labute approximate surface area is 111 Å². The summed E-state index contributed by atoms with van der Waals surface area (Å²) >= 11 is 6.97. The molecule has 0 saturated carbocycles. The van der Waals surface area contributed by atoms with Crippen molar-refractivity contribution in [3.63, 3.8) is 0 Å². The number of nitro benzene ring substituents is 1. The molecule has 0 spiro atoms. The van der Waals surface area contributed by atoms with Gasteiger partial charge in [-0.1, -0.05) is 23.4 Å². The van der Waals surface area contributed by atoms with Crippen molar-refractivity contribution in [3.05, 3.63) is 38.9 Å². The molecule has 7 nitrogen and oxygen atoms in total. The standard InChI is InChI=1S/C9H8ClN5O2S/c10-6-2-1-5(7(3-6)15(16)17)4-18-9-12-8(11)13-14-9/h1-3H,4H2,(H3,11,12,13,14). The first kappa shape index (κ1) is 12.7. The first-order valence-electron chi connectivity index (χ1n) is 4.80. The van der Waals surface area contributed by atoms with Crippen LogP contribution in [0.3, 0.4) is 0 Å². The Balaban J connectivity index is 2.16. The number of aromatic amines is 1. The number of nitrogens with one attached hydrogen (secondary N) is 1. The lowest BCUT2D eigenvalue weighted by Gasteiger charge is -2.01. The molecule has 1 heterocycles. The monoisotopic (exact) mass is 285 g/mol. The van der Waals surface area contributed by atoms with Crippen LogP contribution in [0.25, 0.3) is 0 Å². The van der Waals surface area contributed by atoms with E-state index in [9.17, 15) is 10.1 Å². The first-order chi connectivity index (χ1) is 8.56. The van der Waals surface area contributed by atoms with Gasteiger partial charge in [-0.25, -0.2) is 5.10 Å². The quantitative estimate of drug-likeness (QED) is 0.506. The summed E-state index contributed by atoms with van der Waals surface area (Å²) in [6.45, 7) is 0. The minimum absolute atomic E-state index is 0.0153. The summed E-state index contributed by atoms with van der Waals surface area (Å²) in [6.07, 6.45) is 0. The normalized spacial score (nSPS) is 10.5. The molecule has 1 aromatic heterocycles. The van der Waals surface area contributed by atoms with E-state index in [1.165, 1.54) is 17.8 Å². The number of benzene rings is 1. The molecule has 0 saturated heterocycles. The third kappa shape index (κ3) is 2.90. The summed E-state index contributed by atoms with van der Waals surface area (Å²) in [6, 6.07) is 4.55. The maximum Gasteiger partial charge on any atom is 0.274 e. The molecule has 0 aliphatic rings. The van der Waals surface area contributed by atoms with E-state index in [1.54, 1.807) is 12.1 Å². The molecule has 9 heteroatoms. The number of nitrogens with zero attached hydrogens (tertiary/aromatic N) is 3. The van der Waals surface area contributed by atoms with Gasteiger partial charge in [0, 0.05) is 22.4 Å². The highest BCUT2D eigenvalue weighted by Crippen LogP contribution is 2.28. The van der Waals surface area contributed by atoms with Gasteiger partial charge in [-0.2, -0.15) is 4.98 Å². The number of nitro groups is 1. The van der Waals surface area contributed by atoms with E-state index in [4.69, 9.17) is 17.3 Å². The highest BCUT2D eigenvalue weighted by atomic mass is 35.5. The van der Waals surface area contributed by atoms with E-state index in [1.807, 2.05) is 0 Å². The molecule has 0 bridgehead atoms. The number of hydrogen-bond donors (Lipinski definition) is 2. The predicted molar refractivity (Wildman–Crippen MR) is 68.5 cm³/mol. The fraction of sp³-hybridized carbons (Fsp3) is 0.111. The van der Waals surface area contributed by atoms with Crippen molar-refractivity contribution in [2.24, 2.45) is 0 Å². The number of rotatable bonds is 4. The molecule has 2 rings (SSSR count). The Morgan fingerprint density at radius 1 is 1.56 bits per heavy atom. The lowest BCUT2D eigenvalue weighted by Crippen LogP contribution is -1.94. The minimum atomic E-state index is -0.464. The van der Waals surface area contributed by atoms with Crippen LogP contribution in [-0.4, -0.2) is 20.1 Å². The lowest BCUT2D eigenvalue weighted by molar-refractivity contribution is -0.385. The minimum Gasteiger partial charge on any atom is -0.368 e. The van der Waals surface area contributed by atoms with Gasteiger partial charge in [-0.05, 0) is 12.1 Å². The number of nitrogen functional groups attached to an aromatic ring is 1. The Kier molecular flexibility index (Phi) is 3.68. The molecule has 0 unspecified atom stereocenters. The van der Waals surface area contributed by atoms with Crippen molar-refractivity contribution in [3.8, 4) is 0 Å². The van der Waals surface area contributed by atoms with Crippen LogP contribution in [0.1, 0.15) is 5.56 Å². The van der Waals surface area contributed by atoms with Gasteiger partial charge in [0.2, 0.25) is 11.1 Å². The van der Waals surface area contributed by atoms with Gasteiger partial charge in [0.25, 0.3) is 5.69 Å². The molecule has 0 aliphatic heterocycles. The molecule has 0 atom stereocenters. The van der Waals surface area contributed by atoms with Crippen molar-refractivity contribution in [1.82, 2.24) is 15.2 Å². The van der Waals surface area contributed by atoms with Crippen LogP contribution < -0.4 is 5.73 Å². The number of anilines is 1. The topological polar surface area (TPSA) is 111 Å². The van der Waals surface area contributed by atoms with E-state index in [2.05, 4.69) is 15.2 Å². The zero-order chi connectivity index (χ0) is 13.1. The number of halogens is 1. The summed E-state index contributed by atoms with van der Waals surface area (Å²) in [5.41, 5.74) is 5.92. The molecule has 0 fully saturated rings. The van der Waals surface area contributed by atoms with E-state index in [0.717, 1.165) is 0 Å². The zero-order valence-corrected chi connectivity index (χ0v) is 10.5. The van der Waals surface area contributed by atoms with Crippen molar-refractivity contribution >= 4 is 35.0 Å². The first-order valence-corrected chi connectivity index (χ1v) is 6.16. The highest BCUT2D eigenvalue weighted by molar-refractivity contribution is 7.98. The summed E-state index contributed by atoms with van der Waals surface area (Å²) in [4.78, 5) is 14.3. The summed E-state index contributed by atoms with van der Waals surface area (Å²) < 4.78 is 0. The third-order valence-electron chi connectivity index (χ3n) is 2.08. The molecule has 1 aromatic carbocycles. The molecular formula is C9H8ClN5O2S. The van der Waals surface area contributed by atoms with Gasteiger partial charge in [0.05, 0.1) is 4.92 Å². The molecule has 2 aromatic rings. The van der Waals surface area contributed by atoms with Crippen LogP contribution in [0.15, 0.2) is 23.4 Å². The van der Waals surface area contributed by atoms with Crippen molar-refractivity contribution in [1.29, 1.82) is 0 Å². The summed E-state index contributed by atoms with van der Waals surface area (Å²) in [5.74, 6) is 0.577. The average Bonchev–Trinajstić information content (AvgIpc) is 2.73. The van der Waals surface area contributed by atoms with E-state index in [0.29, 0.717) is 21.5 Å². The van der Waals surface area contributed by atoms with Gasteiger partial charge >= 0.3 is 0 Å². The SMILES string of the molecule is Nc1nc(SCc2ccc(Cl)cc2[N+](=O)[O-])n[nH]1. The molecule has 0 aliphatic carbocycles. The molecule has 18 heavy (non-hydrogen) atoms. The van der Waals surface area contributed by atoms with Gasteiger partial charge in [-0.3, -0.25) is 10.1 Å². The number of thioether (sulfide) groups is 1. The molecule has 0 radical (unpaired) electrons. The Morgan fingerprint density at radius 2 is 2.33 bits per heavy atom. The van der Waals surface area contributed by atoms with Crippen LogP contribution in [0.2, 0.25) is 5.02 Å². The largest absolute Gasteiger partial charge is 0.368 e. The molecule has 3 N–H and O–H groups in total. The van der Waals surface area contributed by atoms with Gasteiger partial charge in [0.15, 0.2) is 0 Å². The van der Waals surface area contributed by atoms with Crippen LogP contribution in [0.4, 0.5) is 11.6 Å². The average molecular weight is 286 g/mol. The Morgan fingerprint density at radius 3 is 2.94 bits per heavy atom.